The third-order valence-electron chi connectivity index (χ3n) is 5.79. The predicted octanol–water partition coefficient (Wildman–Crippen LogP) is 3.72. The van der Waals surface area contributed by atoms with Gasteiger partial charge in [0.2, 0.25) is 5.91 Å². The fourth-order valence-corrected chi connectivity index (χ4v) is 3.85. The summed E-state index contributed by atoms with van der Waals surface area (Å²) >= 11 is 0. The summed E-state index contributed by atoms with van der Waals surface area (Å²) in [4.78, 5) is 39.8. The summed E-state index contributed by atoms with van der Waals surface area (Å²) in [6.07, 6.45) is 0. The molecule has 0 unspecified atom stereocenters. The second kappa shape index (κ2) is 8.78. The van der Waals surface area contributed by atoms with Crippen LogP contribution in [0.25, 0.3) is 16.6 Å². The molecule has 0 saturated heterocycles. The van der Waals surface area contributed by atoms with Crippen LogP contribution in [0.1, 0.15) is 16.7 Å². The molecule has 1 N–H and O–H groups in total. The first-order valence-corrected chi connectivity index (χ1v) is 10.6. The number of anilines is 1. The highest BCUT2D eigenvalue weighted by Crippen LogP contribution is 2.18. The van der Waals surface area contributed by atoms with Gasteiger partial charge in [-0.1, -0.05) is 23.8 Å². The molecule has 0 aliphatic carbocycles. The molecule has 7 nitrogen and oxygen atoms in total. The number of ether oxygens (including phenoxy) is 1. The van der Waals surface area contributed by atoms with Crippen LogP contribution < -0.4 is 21.3 Å². The van der Waals surface area contributed by atoms with E-state index in [-0.39, 0.29) is 12.5 Å². The van der Waals surface area contributed by atoms with Gasteiger partial charge in [0, 0.05) is 5.69 Å². The number of nitrogens with zero attached hydrogens (tertiary/aromatic N) is 2. The zero-order valence-corrected chi connectivity index (χ0v) is 19.0. The summed E-state index contributed by atoms with van der Waals surface area (Å²) in [6, 6.07) is 17.7. The van der Waals surface area contributed by atoms with Crippen LogP contribution in [0.4, 0.5) is 5.69 Å². The van der Waals surface area contributed by atoms with Crippen molar-refractivity contribution in [2.45, 2.75) is 27.3 Å². The number of nitrogens with one attached hydrogen (secondary N) is 1. The van der Waals surface area contributed by atoms with Crippen LogP contribution >= 0.6 is 0 Å². The van der Waals surface area contributed by atoms with Gasteiger partial charge < -0.3 is 10.1 Å². The summed E-state index contributed by atoms with van der Waals surface area (Å²) in [5.74, 6) is 0.293. The van der Waals surface area contributed by atoms with Crippen molar-refractivity contribution in [3.63, 3.8) is 0 Å². The monoisotopic (exact) mass is 443 g/mol. The van der Waals surface area contributed by atoms with Crippen molar-refractivity contribution in [2.24, 2.45) is 0 Å². The van der Waals surface area contributed by atoms with Gasteiger partial charge in [-0.05, 0) is 74.4 Å². The number of benzene rings is 3. The van der Waals surface area contributed by atoms with Gasteiger partial charge in [-0.25, -0.2) is 9.36 Å². The van der Waals surface area contributed by atoms with E-state index in [1.165, 1.54) is 4.57 Å². The summed E-state index contributed by atoms with van der Waals surface area (Å²) in [5.41, 5.74) is 3.23. The maximum absolute atomic E-state index is 13.6. The van der Waals surface area contributed by atoms with Crippen molar-refractivity contribution < 1.29 is 9.53 Å². The number of carbonyl (C=O) groups is 1. The molecule has 0 bridgehead atoms. The molecule has 3 aromatic carbocycles. The lowest BCUT2D eigenvalue weighted by atomic mass is 10.1. The first-order chi connectivity index (χ1) is 15.8. The van der Waals surface area contributed by atoms with E-state index >= 15 is 0 Å². The van der Waals surface area contributed by atoms with Crippen molar-refractivity contribution in [1.29, 1.82) is 0 Å². The van der Waals surface area contributed by atoms with Crippen LogP contribution in [-0.2, 0) is 11.3 Å². The molecule has 1 aromatic heterocycles. The lowest BCUT2D eigenvalue weighted by Crippen LogP contribution is -2.41. The van der Waals surface area contributed by atoms with Gasteiger partial charge in [0.15, 0.2) is 0 Å². The molecular weight excluding hydrogens is 418 g/mol. The molecule has 1 amide bonds. The Bertz CT molecular complexity index is 1480. The molecule has 0 spiro atoms. The van der Waals surface area contributed by atoms with Crippen LogP contribution in [0.5, 0.6) is 5.75 Å². The zero-order chi connectivity index (χ0) is 23.7. The summed E-state index contributed by atoms with van der Waals surface area (Å²) in [6.45, 7) is 5.44. The number of fused-ring (bicyclic) bond motifs is 1. The van der Waals surface area contributed by atoms with E-state index in [0.717, 1.165) is 21.3 Å². The predicted molar refractivity (Wildman–Crippen MR) is 130 cm³/mol. The Morgan fingerprint density at radius 3 is 2.39 bits per heavy atom. The first kappa shape index (κ1) is 22.1. The molecule has 0 saturated carbocycles. The van der Waals surface area contributed by atoms with E-state index in [9.17, 15) is 14.4 Å². The number of carbonyl (C=O) groups excluding carboxylic acids is 1. The third-order valence-corrected chi connectivity index (χ3v) is 5.79. The minimum Gasteiger partial charge on any atom is -0.497 e. The van der Waals surface area contributed by atoms with Crippen LogP contribution in [0.15, 0.2) is 70.3 Å². The fraction of sp³-hybridized carbons (Fsp3) is 0.192. The molecule has 7 heteroatoms. The summed E-state index contributed by atoms with van der Waals surface area (Å²) < 4.78 is 7.64. The third kappa shape index (κ3) is 4.17. The first-order valence-electron chi connectivity index (χ1n) is 10.6. The Morgan fingerprint density at radius 1 is 0.970 bits per heavy atom. The van der Waals surface area contributed by atoms with Gasteiger partial charge in [0.25, 0.3) is 5.56 Å². The SMILES string of the molecule is COc1ccc(NC(=O)Cn2c(=O)n(-c3cccc(C)c3C)c(=O)c3cc(C)ccc32)cc1. The molecule has 4 aromatic rings. The van der Waals surface area contributed by atoms with Crippen molar-refractivity contribution in [2.75, 3.05) is 12.4 Å². The van der Waals surface area contributed by atoms with Crippen LogP contribution in [0.2, 0.25) is 0 Å². The Labute approximate surface area is 190 Å². The van der Waals surface area contributed by atoms with Gasteiger partial charge in [-0.15, -0.1) is 0 Å². The Kier molecular flexibility index (Phi) is 5.87. The fourth-order valence-electron chi connectivity index (χ4n) is 3.85. The Morgan fingerprint density at radius 2 is 1.70 bits per heavy atom. The van der Waals surface area contributed by atoms with Gasteiger partial charge in [0.05, 0.1) is 23.7 Å². The van der Waals surface area contributed by atoms with Crippen LogP contribution in [0.3, 0.4) is 0 Å². The molecule has 0 aliphatic heterocycles. The van der Waals surface area contributed by atoms with Gasteiger partial charge >= 0.3 is 5.69 Å². The maximum atomic E-state index is 13.6. The standard InChI is InChI=1S/C26H25N3O4/c1-16-8-13-23-21(14-16)25(31)29(22-7-5-6-17(2)18(22)3)26(32)28(23)15-24(30)27-19-9-11-20(33-4)12-10-19/h5-14H,15H2,1-4H3,(H,27,30). The van der Waals surface area contributed by atoms with Crippen molar-refractivity contribution in [3.05, 3.63) is 98.2 Å². The molecule has 1 heterocycles. The second-order valence-electron chi connectivity index (χ2n) is 8.03. The van der Waals surface area contributed by atoms with Crippen molar-refractivity contribution in [3.8, 4) is 11.4 Å². The number of hydrogen-bond acceptors (Lipinski definition) is 4. The maximum Gasteiger partial charge on any atom is 0.336 e. The molecule has 0 radical (unpaired) electrons. The number of methoxy groups -OCH3 is 1. The van der Waals surface area contributed by atoms with Gasteiger partial charge in [-0.2, -0.15) is 0 Å². The number of aryl methyl sites for hydroxylation is 2. The molecule has 168 valence electrons. The van der Waals surface area contributed by atoms with Gasteiger partial charge in [0.1, 0.15) is 12.3 Å². The topological polar surface area (TPSA) is 82.3 Å². The highest BCUT2D eigenvalue weighted by Gasteiger charge is 2.18. The van der Waals surface area contributed by atoms with Crippen LogP contribution in [-0.4, -0.2) is 22.2 Å². The Hall–Kier alpha value is -4.13. The quantitative estimate of drug-likeness (QED) is 0.510. The summed E-state index contributed by atoms with van der Waals surface area (Å²) in [7, 11) is 1.57. The van der Waals surface area contributed by atoms with Crippen molar-refractivity contribution >= 4 is 22.5 Å². The number of aromatic nitrogens is 2. The zero-order valence-electron chi connectivity index (χ0n) is 19.0. The number of amides is 1. The highest BCUT2D eigenvalue weighted by molar-refractivity contribution is 5.91. The average Bonchev–Trinajstić information content (AvgIpc) is 2.80. The largest absolute Gasteiger partial charge is 0.497 e. The number of rotatable bonds is 5. The molecule has 0 fully saturated rings. The minimum atomic E-state index is -0.560. The van der Waals surface area contributed by atoms with Crippen LogP contribution in [0, 0.1) is 20.8 Å². The molecule has 0 aliphatic rings. The van der Waals surface area contributed by atoms with E-state index in [1.54, 1.807) is 49.6 Å². The smallest absolute Gasteiger partial charge is 0.336 e. The minimum absolute atomic E-state index is 0.241. The lowest BCUT2D eigenvalue weighted by molar-refractivity contribution is -0.116. The number of hydrogen-bond donors (Lipinski definition) is 1. The van der Waals surface area contributed by atoms with E-state index in [4.69, 9.17) is 4.74 Å². The molecule has 0 atom stereocenters. The van der Waals surface area contributed by atoms with E-state index in [2.05, 4.69) is 5.32 Å². The average molecular weight is 444 g/mol. The van der Waals surface area contributed by atoms with E-state index in [0.29, 0.717) is 28.0 Å². The lowest BCUT2D eigenvalue weighted by Gasteiger charge is -2.16. The summed E-state index contributed by atoms with van der Waals surface area (Å²) in [5, 5.41) is 3.18. The van der Waals surface area contributed by atoms with E-state index < -0.39 is 11.2 Å². The van der Waals surface area contributed by atoms with Gasteiger partial charge in [-0.3, -0.25) is 14.2 Å². The van der Waals surface area contributed by atoms with Crippen molar-refractivity contribution in [1.82, 2.24) is 9.13 Å². The Balaban J connectivity index is 1.85. The molecule has 4 rings (SSSR count). The second-order valence-corrected chi connectivity index (χ2v) is 8.03. The van der Waals surface area contributed by atoms with E-state index in [1.807, 2.05) is 39.0 Å². The molecular formula is C26H25N3O4. The highest BCUT2D eigenvalue weighted by atomic mass is 16.5. The normalized spacial score (nSPS) is 10.9. The molecule has 33 heavy (non-hydrogen) atoms.